The fourth-order valence-corrected chi connectivity index (χ4v) is 8.51. The van der Waals surface area contributed by atoms with E-state index in [1.165, 1.54) is 16.2 Å². The second-order valence-corrected chi connectivity index (χ2v) is 14.6. The molecule has 0 saturated carbocycles. The maximum absolute atomic E-state index is 4.73. The Morgan fingerprint density at radius 1 is 0.508 bits per heavy atom. The summed E-state index contributed by atoms with van der Waals surface area (Å²) in [6, 6.07) is 74.0. The third-order valence-electron chi connectivity index (χ3n) is 11.3. The van der Waals surface area contributed by atoms with Crippen molar-refractivity contribution in [2.45, 2.75) is 0 Å². The predicted octanol–water partition coefficient (Wildman–Crippen LogP) is 13.4. The molecule has 0 radical (unpaired) electrons. The van der Waals surface area contributed by atoms with Crippen LogP contribution in [-0.2, 0) is 21.1 Å². The Morgan fingerprint density at radius 3 is 1.92 bits per heavy atom. The van der Waals surface area contributed by atoms with Gasteiger partial charge >= 0.3 is 0 Å². The SMILES string of the molecule is CN(c1[c-]c(N2[CH-]N(c3c(-c4ccccc4)cccc3-c3ccccc3)c3c2ccc2ccccc32)ccc1)c1[c-]c2c(cc1)c1ccccc1n2-c1ccccn1.[Pt]. The first-order valence-corrected chi connectivity index (χ1v) is 19.5. The molecule has 8 aromatic carbocycles. The molecule has 0 saturated heterocycles. The first-order chi connectivity index (χ1) is 28.7. The van der Waals surface area contributed by atoms with E-state index in [1.54, 1.807) is 0 Å². The summed E-state index contributed by atoms with van der Waals surface area (Å²) in [5.41, 5.74) is 12.9. The maximum Gasteiger partial charge on any atom is 0.135 e. The van der Waals surface area contributed by atoms with Gasteiger partial charge in [-0.3, -0.25) is 0 Å². The van der Waals surface area contributed by atoms with E-state index < -0.39 is 0 Å². The van der Waals surface area contributed by atoms with E-state index in [1.807, 2.05) is 24.4 Å². The van der Waals surface area contributed by atoms with Crippen molar-refractivity contribution in [3.63, 3.8) is 0 Å². The zero-order chi connectivity index (χ0) is 38.6. The fraction of sp³-hybridized carbons (Fsp3) is 0.0189. The number of fused-ring (bicyclic) bond motifs is 6. The second kappa shape index (κ2) is 15.1. The molecule has 11 rings (SSSR count). The normalized spacial score (nSPS) is 12.2. The summed E-state index contributed by atoms with van der Waals surface area (Å²) in [6.45, 7) is 2.24. The molecule has 59 heavy (non-hydrogen) atoms. The molecular weight excluding hydrogens is 902 g/mol. The Bertz CT molecular complexity index is 3070. The van der Waals surface area contributed by atoms with Crippen molar-refractivity contribution in [2.75, 3.05) is 21.7 Å². The average molecular weight is 938 g/mol. The number of hydrogen-bond donors (Lipinski definition) is 0. The molecule has 5 nitrogen and oxygen atoms in total. The minimum Gasteiger partial charge on any atom is -0.493 e. The molecule has 0 bridgehead atoms. The quantitative estimate of drug-likeness (QED) is 0.149. The number of anilines is 6. The van der Waals surface area contributed by atoms with Gasteiger partial charge in [0.15, 0.2) is 0 Å². The van der Waals surface area contributed by atoms with Gasteiger partial charge in [0, 0.05) is 73.4 Å². The van der Waals surface area contributed by atoms with Crippen LogP contribution in [0.25, 0.3) is 60.6 Å². The number of nitrogens with zero attached hydrogens (tertiary/aromatic N) is 5. The number of benzene rings is 8. The number of pyridine rings is 1. The molecule has 0 fully saturated rings. The van der Waals surface area contributed by atoms with E-state index in [4.69, 9.17) is 4.98 Å². The minimum absolute atomic E-state index is 0. The number of hydrogen-bond acceptors (Lipinski definition) is 4. The van der Waals surface area contributed by atoms with Crippen LogP contribution in [0, 0.1) is 18.8 Å². The van der Waals surface area contributed by atoms with Gasteiger partial charge < -0.3 is 19.3 Å². The molecule has 0 spiro atoms. The molecule has 1 aliphatic rings. The van der Waals surface area contributed by atoms with Crippen LogP contribution < -0.4 is 14.7 Å². The van der Waals surface area contributed by atoms with Crippen molar-refractivity contribution in [1.29, 1.82) is 0 Å². The average Bonchev–Trinajstić information content (AvgIpc) is 3.86. The van der Waals surface area contributed by atoms with Crippen LogP contribution >= 0.6 is 0 Å². The molecule has 6 heteroatoms. The largest absolute Gasteiger partial charge is 0.493 e. The molecule has 0 amide bonds. The van der Waals surface area contributed by atoms with Gasteiger partial charge in [-0.05, 0) is 46.2 Å². The van der Waals surface area contributed by atoms with Crippen LogP contribution in [0.4, 0.5) is 34.1 Å². The van der Waals surface area contributed by atoms with E-state index in [0.29, 0.717) is 0 Å². The molecule has 3 heterocycles. The molecule has 2 aromatic heterocycles. The van der Waals surface area contributed by atoms with E-state index in [9.17, 15) is 0 Å². The Kier molecular flexibility index (Phi) is 9.31. The van der Waals surface area contributed by atoms with Gasteiger partial charge in [0.05, 0.1) is 0 Å². The Labute approximate surface area is 358 Å². The van der Waals surface area contributed by atoms with Crippen LogP contribution in [0.2, 0.25) is 0 Å². The van der Waals surface area contributed by atoms with Crippen LogP contribution in [0.5, 0.6) is 0 Å². The first-order valence-electron chi connectivity index (χ1n) is 19.5. The van der Waals surface area contributed by atoms with E-state index in [0.717, 1.165) is 78.6 Å². The summed E-state index contributed by atoms with van der Waals surface area (Å²) in [5, 5.41) is 4.68. The molecule has 286 valence electrons. The summed E-state index contributed by atoms with van der Waals surface area (Å²) < 4.78 is 2.20. The van der Waals surface area contributed by atoms with E-state index >= 15 is 0 Å². The summed E-state index contributed by atoms with van der Waals surface area (Å²) in [6.07, 6.45) is 1.84. The molecule has 0 unspecified atom stereocenters. The van der Waals surface area contributed by atoms with E-state index in [-0.39, 0.29) is 21.1 Å². The maximum atomic E-state index is 4.73. The van der Waals surface area contributed by atoms with Gasteiger partial charge in [-0.15, -0.1) is 48.1 Å². The number of rotatable bonds is 7. The predicted molar refractivity (Wildman–Crippen MR) is 241 cm³/mol. The molecule has 1 aliphatic heterocycles. The van der Waals surface area contributed by atoms with Crippen LogP contribution in [0.1, 0.15) is 0 Å². The Balaban J connectivity index is 0.00000420. The Morgan fingerprint density at radius 2 is 1.17 bits per heavy atom. The molecule has 10 aromatic rings. The molecule has 0 atom stereocenters. The van der Waals surface area contributed by atoms with Gasteiger partial charge in [-0.25, -0.2) is 4.98 Å². The second-order valence-electron chi connectivity index (χ2n) is 14.6. The van der Waals surface area contributed by atoms with Gasteiger partial charge in [-0.2, -0.15) is 12.1 Å². The molecular formula is C53H36N5Pt-3. The van der Waals surface area contributed by atoms with Crippen molar-refractivity contribution in [2.24, 2.45) is 0 Å². The van der Waals surface area contributed by atoms with Gasteiger partial charge in [-0.1, -0.05) is 150 Å². The van der Waals surface area contributed by atoms with Crippen molar-refractivity contribution in [1.82, 2.24) is 9.55 Å². The zero-order valence-electron chi connectivity index (χ0n) is 32.1. The summed E-state index contributed by atoms with van der Waals surface area (Å²) in [7, 11) is 2.09. The summed E-state index contributed by atoms with van der Waals surface area (Å²) in [5.74, 6) is 0.864. The number of aromatic nitrogens is 2. The molecule has 0 aliphatic carbocycles. The fourth-order valence-electron chi connectivity index (χ4n) is 8.51. The minimum atomic E-state index is 0. The van der Waals surface area contributed by atoms with E-state index in [2.05, 4.69) is 215 Å². The van der Waals surface area contributed by atoms with Crippen LogP contribution in [-0.4, -0.2) is 16.6 Å². The van der Waals surface area contributed by atoms with Gasteiger partial charge in [0.25, 0.3) is 0 Å². The number of para-hydroxylation sites is 2. The zero-order valence-corrected chi connectivity index (χ0v) is 34.4. The van der Waals surface area contributed by atoms with Crippen LogP contribution in [0.15, 0.2) is 194 Å². The monoisotopic (exact) mass is 937 g/mol. The van der Waals surface area contributed by atoms with Crippen molar-refractivity contribution >= 4 is 66.7 Å². The van der Waals surface area contributed by atoms with Gasteiger partial charge in [0.1, 0.15) is 5.82 Å². The first kappa shape index (κ1) is 36.4. The Hall–Kier alpha value is -6.94. The summed E-state index contributed by atoms with van der Waals surface area (Å²) in [4.78, 5) is 11.6. The third kappa shape index (κ3) is 6.18. The smallest absolute Gasteiger partial charge is 0.135 e. The van der Waals surface area contributed by atoms with Crippen molar-refractivity contribution in [3.8, 4) is 28.1 Å². The summed E-state index contributed by atoms with van der Waals surface area (Å²) >= 11 is 0. The van der Waals surface area contributed by atoms with Crippen LogP contribution in [0.3, 0.4) is 0 Å². The third-order valence-corrected chi connectivity index (χ3v) is 11.3. The van der Waals surface area contributed by atoms with Gasteiger partial charge in [0.2, 0.25) is 0 Å². The topological polar surface area (TPSA) is 27.5 Å². The van der Waals surface area contributed by atoms with Crippen molar-refractivity contribution < 1.29 is 21.1 Å². The van der Waals surface area contributed by atoms with Crippen molar-refractivity contribution in [3.05, 3.63) is 213 Å². The molecule has 0 N–H and O–H groups in total. The standard InChI is InChI=1S/C53H36N5.Pt/c1-55(41-30-31-47-46-24-10-11-27-48(46)58(50(47)35-41)51-28-12-13-33-54-51)40-21-14-22-42(34-40)56-36-57(53-45-23-9-8-20-39(45)29-32-49(53)56)52-43(37-16-4-2-5-17-37)25-15-26-44(52)38-18-6-3-7-19-38;/h2-33,36H,1H3;/q-3;.